The van der Waals surface area contributed by atoms with Crippen molar-refractivity contribution in [1.29, 1.82) is 0 Å². The smallest absolute Gasteiger partial charge is 0.270 e. The van der Waals surface area contributed by atoms with Crippen LogP contribution in [-0.2, 0) is 13.1 Å². The summed E-state index contributed by atoms with van der Waals surface area (Å²) in [4.78, 5) is 33.9. The molecule has 0 aliphatic heterocycles. The zero-order valence-electron chi connectivity index (χ0n) is 18.3. The molecule has 0 bridgehead atoms. The fourth-order valence-corrected chi connectivity index (χ4v) is 3.54. The minimum Gasteiger partial charge on any atom is -0.347 e. The van der Waals surface area contributed by atoms with Gasteiger partial charge >= 0.3 is 0 Å². The third kappa shape index (κ3) is 4.86. The lowest BCUT2D eigenvalue weighted by atomic mass is 10.1. The van der Waals surface area contributed by atoms with Crippen LogP contribution in [-0.4, -0.2) is 52.0 Å². The van der Waals surface area contributed by atoms with E-state index < -0.39 is 17.6 Å². The number of nitrogens with one attached hydrogen (secondary N) is 3. The highest BCUT2D eigenvalue weighted by atomic mass is 35.5. The SMILES string of the molecule is O=C(NCc1ccc(F)c(Cl)c1)c1cc(C(=O)NCc2ccc(-c3nn[nH]n3)cc2)n2ncnc2n1. The summed E-state index contributed by atoms with van der Waals surface area (Å²) < 4.78 is 14.6. The Morgan fingerprint density at radius 3 is 2.50 bits per heavy atom. The maximum atomic E-state index is 13.4. The number of fused-ring (bicyclic) bond motifs is 1. The molecule has 0 aliphatic carbocycles. The van der Waals surface area contributed by atoms with Crippen LogP contribution < -0.4 is 10.6 Å². The summed E-state index contributed by atoms with van der Waals surface area (Å²) in [5.41, 5.74) is 2.25. The van der Waals surface area contributed by atoms with E-state index in [1.165, 1.54) is 35.1 Å². The molecule has 3 N–H and O–H groups in total. The van der Waals surface area contributed by atoms with E-state index in [9.17, 15) is 14.0 Å². The van der Waals surface area contributed by atoms with Gasteiger partial charge in [0.15, 0.2) is 0 Å². The van der Waals surface area contributed by atoms with E-state index in [1.807, 2.05) is 24.3 Å². The number of tetrazole rings is 1. The number of halogens is 2. The first-order valence-corrected chi connectivity index (χ1v) is 10.9. The van der Waals surface area contributed by atoms with Crippen LogP contribution in [0.3, 0.4) is 0 Å². The van der Waals surface area contributed by atoms with Crippen molar-refractivity contribution in [2.75, 3.05) is 0 Å². The van der Waals surface area contributed by atoms with Crippen molar-refractivity contribution in [2.45, 2.75) is 13.1 Å². The Morgan fingerprint density at radius 2 is 1.75 bits per heavy atom. The molecule has 3 heterocycles. The molecule has 2 aromatic carbocycles. The largest absolute Gasteiger partial charge is 0.347 e. The van der Waals surface area contributed by atoms with Crippen molar-refractivity contribution in [3.63, 3.8) is 0 Å². The number of rotatable bonds is 7. The van der Waals surface area contributed by atoms with Gasteiger partial charge < -0.3 is 10.6 Å². The van der Waals surface area contributed by atoms with E-state index >= 15 is 0 Å². The van der Waals surface area contributed by atoms with Gasteiger partial charge in [0.1, 0.15) is 23.5 Å². The highest BCUT2D eigenvalue weighted by Crippen LogP contribution is 2.16. The Hall–Kier alpha value is -4.78. The molecule has 0 saturated heterocycles. The molecule has 0 aliphatic rings. The number of carbonyl (C=O) groups is 2. The van der Waals surface area contributed by atoms with E-state index in [4.69, 9.17) is 11.6 Å². The predicted molar refractivity (Wildman–Crippen MR) is 124 cm³/mol. The standard InChI is InChI=1S/C22H16ClFN10O2/c23-15-7-13(3-6-16(15)24)10-25-20(35)17-8-18(34-22(29-17)27-11-28-34)21(36)26-9-12-1-4-14(5-2-12)19-30-32-33-31-19/h1-8,11H,9-10H2,(H,25,35)(H,26,36)(H,30,31,32,33). The molecule has 0 fully saturated rings. The number of H-pyrrole nitrogens is 1. The van der Waals surface area contributed by atoms with Crippen LogP contribution in [0.2, 0.25) is 5.02 Å². The molecule has 0 saturated carbocycles. The Kier molecular flexibility index (Phi) is 6.28. The van der Waals surface area contributed by atoms with Crippen molar-refractivity contribution in [1.82, 2.24) is 50.8 Å². The van der Waals surface area contributed by atoms with E-state index in [2.05, 4.69) is 46.3 Å². The third-order valence-corrected chi connectivity index (χ3v) is 5.45. The van der Waals surface area contributed by atoms with E-state index in [1.54, 1.807) is 0 Å². The quantitative estimate of drug-likeness (QED) is 0.302. The van der Waals surface area contributed by atoms with Crippen molar-refractivity contribution < 1.29 is 14.0 Å². The van der Waals surface area contributed by atoms with Crippen LogP contribution in [0.15, 0.2) is 54.9 Å². The lowest BCUT2D eigenvalue weighted by molar-refractivity contribution is 0.0942. The Bertz CT molecular complexity index is 1550. The summed E-state index contributed by atoms with van der Waals surface area (Å²) >= 11 is 5.79. The summed E-state index contributed by atoms with van der Waals surface area (Å²) in [6.45, 7) is 0.302. The molecule has 0 atom stereocenters. The minimum absolute atomic E-state index is 0.0293. The van der Waals surface area contributed by atoms with Crippen molar-refractivity contribution in [3.8, 4) is 11.4 Å². The number of aromatic amines is 1. The number of carbonyl (C=O) groups excluding carboxylic acids is 2. The molecule has 12 nitrogen and oxygen atoms in total. The molecular weight excluding hydrogens is 491 g/mol. The summed E-state index contributed by atoms with van der Waals surface area (Å²) in [5, 5.41) is 23.2. The minimum atomic E-state index is -0.552. The molecule has 0 spiro atoms. The lowest BCUT2D eigenvalue weighted by Crippen LogP contribution is -2.28. The summed E-state index contributed by atoms with van der Waals surface area (Å²) in [7, 11) is 0. The van der Waals surface area contributed by atoms with Crippen LogP contribution in [0.4, 0.5) is 4.39 Å². The van der Waals surface area contributed by atoms with Crippen LogP contribution in [0.25, 0.3) is 17.2 Å². The van der Waals surface area contributed by atoms with Crippen LogP contribution in [0.1, 0.15) is 32.1 Å². The number of hydrogen-bond acceptors (Lipinski definition) is 8. The first kappa shape index (κ1) is 23.0. The average Bonchev–Trinajstić information content (AvgIpc) is 3.60. The molecule has 0 radical (unpaired) electrons. The number of amides is 2. The molecule has 36 heavy (non-hydrogen) atoms. The van der Waals surface area contributed by atoms with Gasteiger partial charge in [0.25, 0.3) is 17.6 Å². The number of aromatic nitrogens is 8. The van der Waals surface area contributed by atoms with Gasteiger partial charge in [-0.25, -0.2) is 9.37 Å². The zero-order chi connectivity index (χ0) is 25.1. The Morgan fingerprint density at radius 1 is 1.00 bits per heavy atom. The molecule has 0 unspecified atom stereocenters. The van der Waals surface area contributed by atoms with Gasteiger partial charge in [-0.3, -0.25) is 9.59 Å². The maximum Gasteiger partial charge on any atom is 0.270 e. The Labute approximate surface area is 206 Å². The Balaban J connectivity index is 1.29. The summed E-state index contributed by atoms with van der Waals surface area (Å²) in [5.74, 6) is -1.03. The highest BCUT2D eigenvalue weighted by molar-refractivity contribution is 6.30. The first-order valence-electron chi connectivity index (χ1n) is 10.5. The fraction of sp³-hybridized carbons (Fsp3) is 0.0909. The number of benzene rings is 2. The lowest BCUT2D eigenvalue weighted by Gasteiger charge is -2.10. The third-order valence-electron chi connectivity index (χ3n) is 5.16. The van der Waals surface area contributed by atoms with E-state index in [0.29, 0.717) is 11.4 Å². The van der Waals surface area contributed by atoms with Crippen molar-refractivity contribution in [3.05, 3.63) is 88.2 Å². The highest BCUT2D eigenvalue weighted by Gasteiger charge is 2.18. The van der Waals surface area contributed by atoms with E-state index in [0.717, 1.165) is 11.1 Å². The maximum absolute atomic E-state index is 13.4. The summed E-state index contributed by atoms with van der Waals surface area (Å²) in [6, 6.07) is 12.7. The van der Waals surface area contributed by atoms with Gasteiger partial charge in [-0.1, -0.05) is 41.9 Å². The molecule has 14 heteroatoms. The molecule has 5 rings (SSSR count). The number of hydrogen-bond donors (Lipinski definition) is 3. The summed E-state index contributed by atoms with van der Waals surface area (Å²) in [6.07, 6.45) is 1.23. The van der Waals surface area contributed by atoms with Gasteiger partial charge in [-0.05, 0) is 28.5 Å². The predicted octanol–water partition coefficient (Wildman–Crippen LogP) is 1.96. The second kappa shape index (κ2) is 9.84. The zero-order valence-corrected chi connectivity index (χ0v) is 19.1. The van der Waals surface area contributed by atoms with Gasteiger partial charge in [0.05, 0.1) is 5.02 Å². The molecule has 5 aromatic rings. The van der Waals surface area contributed by atoms with Crippen LogP contribution in [0, 0.1) is 5.82 Å². The molecular formula is C22H16ClFN10O2. The van der Waals surface area contributed by atoms with Crippen LogP contribution in [0.5, 0.6) is 0 Å². The van der Waals surface area contributed by atoms with Crippen molar-refractivity contribution >= 4 is 29.2 Å². The fourth-order valence-electron chi connectivity index (χ4n) is 3.34. The average molecular weight is 507 g/mol. The molecule has 180 valence electrons. The van der Waals surface area contributed by atoms with Crippen molar-refractivity contribution in [2.24, 2.45) is 0 Å². The molecule has 2 amide bonds. The van der Waals surface area contributed by atoms with Gasteiger partial charge in [0.2, 0.25) is 5.82 Å². The molecule has 3 aromatic heterocycles. The van der Waals surface area contributed by atoms with Crippen LogP contribution >= 0.6 is 11.6 Å². The second-order valence-electron chi connectivity index (χ2n) is 7.54. The normalized spacial score (nSPS) is 10.9. The van der Waals surface area contributed by atoms with Gasteiger partial charge in [-0.15, -0.1) is 10.2 Å². The first-order chi connectivity index (χ1) is 17.5. The van der Waals surface area contributed by atoms with Gasteiger partial charge in [-0.2, -0.15) is 19.8 Å². The number of nitrogens with zero attached hydrogens (tertiary/aromatic N) is 7. The monoisotopic (exact) mass is 506 g/mol. The van der Waals surface area contributed by atoms with Gasteiger partial charge in [0, 0.05) is 24.7 Å². The van der Waals surface area contributed by atoms with E-state index in [-0.39, 0.29) is 35.3 Å². The second-order valence-corrected chi connectivity index (χ2v) is 7.95. The topological polar surface area (TPSA) is 156 Å².